The molecule has 0 unspecified atom stereocenters. The Hall–Kier alpha value is -2.77. The van der Waals surface area contributed by atoms with Gasteiger partial charge in [0, 0.05) is 10.8 Å². The van der Waals surface area contributed by atoms with Gasteiger partial charge in [-0.25, -0.2) is 0 Å². The summed E-state index contributed by atoms with van der Waals surface area (Å²) < 4.78 is 31.3. The van der Waals surface area contributed by atoms with E-state index in [4.69, 9.17) is 4.55 Å². The fourth-order valence-electron chi connectivity index (χ4n) is 2.36. The van der Waals surface area contributed by atoms with Crippen molar-refractivity contribution in [2.45, 2.75) is 11.8 Å². The van der Waals surface area contributed by atoms with Crippen LogP contribution in [0.2, 0.25) is 0 Å². The Balaban J connectivity index is 2.02. The van der Waals surface area contributed by atoms with Gasteiger partial charge in [-0.15, -0.1) is 5.11 Å². The van der Waals surface area contributed by atoms with Crippen molar-refractivity contribution >= 4 is 32.3 Å². The van der Waals surface area contributed by atoms with E-state index in [0.717, 1.165) is 5.39 Å². The van der Waals surface area contributed by atoms with E-state index in [-0.39, 0.29) is 10.6 Å². The summed E-state index contributed by atoms with van der Waals surface area (Å²) >= 11 is 0. The molecule has 0 heterocycles. The highest BCUT2D eigenvalue weighted by Crippen LogP contribution is 2.33. The molecular weight excluding hydrogens is 328 g/mol. The number of aromatic hydroxyl groups is 1. The first-order valence-corrected chi connectivity index (χ1v) is 8.51. The van der Waals surface area contributed by atoms with Gasteiger partial charge in [0.05, 0.1) is 16.3 Å². The molecule has 7 heteroatoms. The van der Waals surface area contributed by atoms with Crippen molar-refractivity contribution in [1.82, 2.24) is 0 Å². The summed E-state index contributed by atoms with van der Waals surface area (Å²) in [6, 6.07) is 14.6. The largest absolute Gasteiger partial charge is 0.507 e. The van der Waals surface area contributed by atoms with Crippen molar-refractivity contribution in [1.29, 1.82) is 0 Å². The SMILES string of the molecule is Cc1cc(S(=O)(=O)O)ccc1N=Nc1ccc(O)c2ccccc12. The van der Waals surface area contributed by atoms with Crippen LogP contribution in [0.3, 0.4) is 0 Å². The van der Waals surface area contributed by atoms with Gasteiger partial charge in [-0.2, -0.15) is 13.5 Å². The summed E-state index contributed by atoms with van der Waals surface area (Å²) in [6.45, 7) is 1.68. The van der Waals surface area contributed by atoms with E-state index >= 15 is 0 Å². The molecule has 0 atom stereocenters. The van der Waals surface area contributed by atoms with Gasteiger partial charge >= 0.3 is 0 Å². The van der Waals surface area contributed by atoms with Crippen LogP contribution in [-0.2, 0) is 10.1 Å². The number of azo groups is 1. The molecule has 0 amide bonds. The number of aryl methyl sites for hydroxylation is 1. The second-order valence-electron chi connectivity index (χ2n) is 5.27. The highest BCUT2D eigenvalue weighted by molar-refractivity contribution is 7.85. The normalized spacial score (nSPS) is 12.1. The number of hydrogen-bond donors (Lipinski definition) is 2. The van der Waals surface area contributed by atoms with Crippen LogP contribution in [0.4, 0.5) is 11.4 Å². The lowest BCUT2D eigenvalue weighted by atomic mass is 10.1. The van der Waals surface area contributed by atoms with E-state index in [1.165, 1.54) is 18.2 Å². The topological polar surface area (TPSA) is 99.3 Å². The Kier molecular flexibility index (Phi) is 4.04. The lowest BCUT2D eigenvalue weighted by molar-refractivity contribution is 0.481. The fourth-order valence-corrected chi connectivity index (χ4v) is 2.93. The van der Waals surface area contributed by atoms with Crippen molar-refractivity contribution in [3.05, 3.63) is 60.2 Å². The number of fused-ring (bicyclic) bond motifs is 1. The van der Waals surface area contributed by atoms with Gasteiger partial charge < -0.3 is 5.11 Å². The third-order valence-corrected chi connectivity index (χ3v) is 4.46. The molecule has 6 nitrogen and oxygen atoms in total. The molecule has 0 fully saturated rings. The molecule has 0 radical (unpaired) electrons. The van der Waals surface area contributed by atoms with Crippen molar-refractivity contribution in [2.75, 3.05) is 0 Å². The maximum Gasteiger partial charge on any atom is 0.294 e. The van der Waals surface area contributed by atoms with Crippen LogP contribution in [0, 0.1) is 6.92 Å². The summed E-state index contributed by atoms with van der Waals surface area (Å²) in [4.78, 5) is -0.186. The summed E-state index contributed by atoms with van der Waals surface area (Å²) in [6.07, 6.45) is 0. The first-order chi connectivity index (χ1) is 11.4. The Morgan fingerprint density at radius 3 is 2.17 bits per heavy atom. The summed E-state index contributed by atoms with van der Waals surface area (Å²) in [7, 11) is -4.24. The molecule has 0 spiro atoms. The number of hydrogen-bond acceptors (Lipinski definition) is 5. The molecule has 122 valence electrons. The molecule has 0 bridgehead atoms. The minimum absolute atomic E-state index is 0.165. The molecule has 3 aromatic rings. The Morgan fingerprint density at radius 2 is 1.50 bits per heavy atom. The van der Waals surface area contributed by atoms with E-state index < -0.39 is 10.1 Å². The van der Waals surface area contributed by atoms with Crippen molar-refractivity contribution in [3.63, 3.8) is 0 Å². The predicted octanol–water partition coefficient (Wildman–Crippen LogP) is 4.52. The van der Waals surface area contributed by atoms with E-state index in [0.29, 0.717) is 22.3 Å². The summed E-state index contributed by atoms with van der Waals surface area (Å²) in [5, 5.41) is 19.7. The van der Waals surface area contributed by atoms with Gasteiger partial charge in [0.15, 0.2) is 0 Å². The van der Waals surface area contributed by atoms with Crippen LogP contribution in [-0.4, -0.2) is 18.1 Å². The number of rotatable bonds is 3. The maximum absolute atomic E-state index is 11.1. The molecule has 2 N–H and O–H groups in total. The molecule has 0 aromatic heterocycles. The molecule has 3 aromatic carbocycles. The van der Waals surface area contributed by atoms with Crippen molar-refractivity contribution in [2.24, 2.45) is 10.2 Å². The minimum Gasteiger partial charge on any atom is -0.507 e. The predicted molar refractivity (Wildman–Crippen MR) is 90.8 cm³/mol. The molecule has 0 aliphatic heterocycles. The van der Waals surface area contributed by atoms with Gasteiger partial charge in [-0.05, 0) is 42.8 Å². The van der Waals surface area contributed by atoms with Gasteiger partial charge in [-0.1, -0.05) is 24.3 Å². The van der Waals surface area contributed by atoms with Gasteiger partial charge in [0.25, 0.3) is 10.1 Å². The smallest absolute Gasteiger partial charge is 0.294 e. The van der Waals surface area contributed by atoms with Crippen LogP contribution in [0.15, 0.2) is 69.7 Å². The van der Waals surface area contributed by atoms with E-state index in [9.17, 15) is 13.5 Å². The lowest BCUT2D eigenvalue weighted by Crippen LogP contribution is -1.97. The van der Waals surface area contributed by atoms with Crippen LogP contribution in [0.5, 0.6) is 5.75 Å². The zero-order chi connectivity index (χ0) is 17.3. The molecular formula is C17H14N2O4S. The van der Waals surface area contributed by atoms with Crippen molar-refractivity contribution in [3.8, 4) is 5.75 Å². The van der Waals surface area contributed by atoms with E-state index in [1.54, 1.807) is 25.1 Å². The number of benzene rings is 3. The Bertz CT molecular complexity index is 1060. The fraction of sp³-hybridized carbons (Fsp3) is 0.0588. The minimum atomic E-state index is -4.24. The average molecular weight is 342 g/mol. The molecule has 0 aliphatic rings. The zero-order valence-electron chi connectivity index (χ0n) is 12.7. The van der Waals surface area contributed by atoms with Crippen LogP contribution in [0.1, 0.15) is 5.56 Å². The third-order valence-electron chi connectivity index (χ3n) is 3.61. The zero-order valence-corrected chi connectivity index (χ0v) is 13.5. The second-order valence-corrected chi connectivity index (χ2v) is 6.69. The Morgan fingerprint density at radius 1 is 0.875 bits per heavy atom. The summed E-state index contributed by atoms with van der Waals surface area (Å²) in [5.74, 6) is 0.165. The van der Waals surface area contributed by atoms with Crippen LogP contribution in [0.25, 0.3) is 10.8 Å². The highest BCUT2D eigenvalue weighted by atomic mass is 32.2. The highest BCUT2D eigenvalue weighted by Gasteiger charge is 2.11. The molecule has 0 saturated carbocycles. The van der Waals surface area contributed by atoms with Gasteiger partial charge in [0.2, 0.25) is 0 Å². The maximum atomic E-state index is 11.1. The monoisotopic (exact) mass is 342 g/mol. The van der Waals surface area contributed by atoms with Gasteiger partial charge in [-0.3, -0.25) is 4.55 Å². The number of phenols is 1. The second kappa shape index (κ2) is 6.03. The third kappa shape index (κ3) is 3.12. The number of phenolic OH excluding ortho intramolecular Hbond substituents is 1. The summed E-state index contributed by atoms with van der Waals surface area (Å²) in [5.41, 5.74) is 1.64. The average Bonchev–Trinajstić information content (AvgIpc) is 2.54. The van der Waals surface area contributed by atoms with Crippen molar-refractivity contribution < 1.29 is 18.1 Å². The number of nitrogens with zero attached hydrogens (tertiary/aromatic N) is 2. The lowest BCUT2D eigenvalue weighted by Gasteiger charge is -2.04. The first kappa shape index (κ1) is 16.1. The quantitative estimate of drug-likeness (QED) is 0.540. The molecule has 3 rings (SSSR count). The van der Waals surface area contributed by atoms with Crippen LogP contribution < -0.4 is 0 Å². The van der Waals surface area contributed by atoms with Crippen LogP contribution >= 0.6 is 0 Å². The van der Waals surface area contributed by atoms with E-state index in [1.807, 2.05) is 18.2 Å². The standard InChI is InChI=1S/C17H14N2O4S/c1-11-10-12(24(21,22)23)6-7-15(11)18-19-16-8-9-17(20)14-5-3-2-4-13(14)16/h2-10,20H,1H3,(H,21,22,23). The Labute approximate surface area is 138 Å². The molecule has 0 aliphatic carbocycles. The first-order valence-electron chi connectivity index (χ1n) is 7.07. The van der Waals surface area contributed by atoms with E-state index in [2.05, 4.69) is 10.2 Å². The molecule has 24 heavy (non-hydrogen) atoms. The van der Waals surface area contributed by atoms with Gasteiger partial charge in [0.1, 0.15) is 5.75 Å². The molecule has 0 saturated heterocycles.